The summed E-state index contributed by atoms with van der Waals surface area (Å²) in [6, 6.07) is 5.20. The highest BCUT2D eigenvalue weighted by molar-refractivity contribution is 6.00. The third kappa shape index (κ3) is 2.42. The van der Waals surface area contributed by atoms with Crippen molar-refractivity contribution < 1.29 is 14.3 Å². The Bertz CT molecular complexity index is 417. The first-order valence-electron chi connectivity index (χ1n) is 5.93. The molecule has 2 rings (SSSR count). The van der Waals surface area contributed by atoms with Crippen LogP contribution < -0.4 is 14.8 Å². The number of carbonyl (C=O) groups is 1. The quantitative estimate of drug-likeness (QED) is 0.793. The standard InChI is InChI=1S/C13H17NO3/c1-3-10(14-4-2)13(15)9-5-6-11-12(7-9)17-8-16-11/h5-7,10,14H,3-4,8H2,1-2H3/t10-/m0/s1. The van der Waals surface area contributed by atoms with Gasteiger partial charge in [0, 0.05) is 5.56 Å². The van der Waals surface area contributed by atoms with E-state index in [1.54, 1.807) is 18.2 Å². The highest BCUT2D eigenvalue weighted by atomic mass is 16.7. The molecule has 1 N–H and O–H groups in total. The van der Waals surface area contributed by atoms with Gasteiger partial charge in [0.25, 0.3) is 0 Å². The summed E-state index contributed by atoms with van der Waals surface area (Å²) < 4.78 is 10.5. The number of ketones is 1. The van der Waals surface area contributed by atoms with Gasteiger partial charge in [0.2, 0.25) is 6.79 Å². The number of benzene rings is 1. The molecule has 92 valence electrons. The van der Waals surface area contributed by atoms with Gasteiger partial charge >= 0.3 is 0 Å². The lowest BCUT2D eigenvalue weighted by Gasteiger charge is -2.14. The first-order chi connectivity index (χ1) is 8.26. The molecule has 0 bridgehead atoms. The van der Waals surface area contributed by atoms with Crippen LogP contribution in [0, 0.1) is 0 Å². The summed E-state index contributed by atoms with van der Waals surface area (Å²) >= 11 is 0. The fourth-order valence-electron chi connectivity index (χ4n) is 1.92. The molecule has 0 amide bonds. The number of hydrogen-bond acceptors (Lipinski definition) is 4. The van der Waals surface area contributed by atoms with Crippen molar-refractivity contribution in [3.63, 3.8) is 0 Å². The fraction of sp³-hybridized carbons (Fsp3) is 0.462. The molecule has 17 heavy (non-hydrogen) atoms. The van der Waals surface area contributed by atoms with Gasteiger partial charge in [0.15, 0.2) is 17.3 Å². The Balaban J connectivity index is 2.19. The van der Waals surface area contributed by atoms with Crippen LogP contribution in [-0.4, -0.2) is 25.2 Å². The van der Waals surface area contributed by atoms with Gasteiger partial charge in [-0.3, -0.25) is 4.79 Å². The van der Waals surface area contributed by atoms with E-state index in [4.69, 9.17) is 9.47 Å². The molecule has 1 atom stereocenters. The molecule has 1 aromatic carbocycles. The van der Waals surface area contributed by atoms with Crippen molar-refractivity contribution in [1.82, 2.24) is 5.32 Å². The molecule has 1 heterocycles. The molecular weight excluding hydrogens is 218 g/mol. The Morgan fingerprint density at radius 2 is 2.12 bits per heavy atom. The lowest BCUT2D eigenvalue weighted by Crippen LogP contribution is -2.35. The Morgan fingerprint density at radius 1 is 1.35 bits per heavy atom. The van der Waals surface area contributed by atoms with Crippen LogP contribution in [0.15, 0.2) is 18.2 Å². The van der Waals surface area contributed by atoms with Gasteiger partial charge < -0.3 is 14.8 Å². The number of fused-ring (bicyclic) bond motifs is 1. The van der Waals surface area contributed by atoms with Crippen LogP contribution in [0.3, 0.4) is 0 Å². The van der Waals surface area contributed by atoms with E-state index in [0.717, 1.165) is 13.0 Å². The third-order valence-electron chi connectivity index (χ3n) is 2.83. The van der Waals surface area contributed by atoms with Crippen molar-refractivity contribution in [2.75, 3.05) is 13.3 Å². The van der Waals surface area contributed by atoms with Crippen LogP contribution in [0.5, 0.6) is 11.5 Å². The predicted molar refractivity (Wildman–Crippen MR) is 64.7 cm³/mol. The molecule has 0 saturated heterocycles. The molecular formula is C13H17NO3. The minimum Gasteiger partial charge on any atom is -0.454 e. The zero-order valence-electron chi connectivity index (χ0n) is 10.2. The van der Waals surface area contributed by atoms with Crippen LogP contribution in [-0.2, 0) is 0 Å². The second-order valence-corrected chi connectivity index (χ2v) is 3.95. The number of Topliss-reactive ketones (excluding diaryl/α,β-unsaturated/α-hetero) is 1. The van der Waals surface area contributed by atoms with Gasteiger partial charge in [0.05, 0.1) is 6.04 Å². The maximum atomic E-state index is 12.2. The first-order valence-corrected chi connectivity index (χ1v) is 5.93. The minimum absolute atomic E-state index is 0.104. The van der Waals surface area contributed by atoms with Crippen molar-refractivity contribution in [3.05, 3.63) is 23.8 Å². The fourth-order valence-corrected chi connectivity index (χ4v) is 1.92. The van der Waals surface area contributed by atoms with E-state index in [-0.39, 0.29) is 18.6 Å². The van der Waals surface area contributed by atoms with Gasteiger partial charge in [-0.05, 0) is 31.2 Å². The van der Waals surface area contributed by atoms with Crippen LogP contribution in [0.25, 0.3) is 0 Å². The largest absolute Gasteiger partial charge is 0.454 e. The Hall–Kier alpha value is -1.55. The van der Waals surface area contributed by atoms with Gasteiger partial charge in [-0.15, -0.1) is 0 Å². The number of likely N-dealkylation sites (N-methyl/N-ethyl adjacent to an activating group) is 1. The van der Waals surface area contributed by atoms with Gasteiger partial charge in [-0.25, -0.2) is 0 Å². The van der Waals surface area contributed by atoms with Crippen molar-refractivity contribution in [1.29, 1.82) is 0 Å². The Kier molecular flexibility index (Phi) is 3.64. The lowest BCUT2D eigenvalue weighted by atomic mass is 10.0. The van der Waals surface area contributed by atoms with Gasteiger partial charge in [0.1, 0.15) is 0 Å². The molecule has 0 spiro atoms. The first kappa shape index (κ1) is 11.9. The summed E-state index contributed by atoms with van der Waals surface area (Å²) in [4.78, 5) is 12.2. The van der Waals surface area contributed by atoms with E-state index in [0.29, 0.717) is 17.1 Å². The smallest absolute Gasteiger partial charge is 0.231 e. The topological polar surface area (TPSA) is 47.6 Å². The molecule has 0 unspecified atom stereocenters. The highest BCUT2D eigenvalue weighted by Gasteiger charge is 2.20. The summed E-state index contributed by atoms with van der Waals surface area (Å²) in [5.41, 5.74) is 0.669. The average Bonchev–Trinajstić information content (AvgIpc) is 2.82. The molecule has 4 heteroatoms. The van der Waals surface area contributed by atoms with Crippen molar-refractivity contribution in [2.24, 2.45) is 0 Å². The summed E-state index contributed by atoms with van der Waals surface area (Å²) in [6.07, 6.45) is 0.779. The van der Waals surface area contributed by atoms with Crippen LogP contribution in [0.4, 0.5) is 0 Å². The van der Waals surface area contributed by atoms with Crippen molar-refractivity contribution in [2.45, 2.75) is 26.3 Å². The molecule has 1 aliphatic rings. The van der Waals surface area contributed by atoms with E-state index < -0.39 is 0 Å². The molecule has 0 fully saturated rings. The SMILES string of the molecule is CCN[C@@H](CC)C(=O)c1ccc2c(c1)OCO2. The second kappa shape index (κ2) is 5.19. The zero-order valence-corrected chi connectivity index (χ0v) is 10.2. The van der Waals surface area contributed by atoms with E-state index in [1.165, 1.54) is 0 Å². The maximum absolute atomic E-state index is 12.2. The van der Waals surface area contributed by atoms with Gasteiger partial charge in [-0.2, -0.15) is 0 Å². The van der Waals surface area contributed by atoms with E-state index in [1.807, 2.05) is 13.8 Å². The van der Waals surface area contributed by atoms with Crippen LogP contribution in [0.2, 0.25) is 0 Å². The van der Waals surface area contributed by atoms with Gasteiger partial charge in [-0.1, -0.05) is 13.8 Å². The maximum Gasteiger partial charge on any atom is 0.231 e. The normalized spacial score (nSPS) is 14.7. The monoisotopic (exact) mass is 235 g/mol. The lowest BCUT2D eigenvalue weighted by molar-refractivity contribution is 0.0941. The van der Waals surface area contributed by atoms with Crippen molar-refractivity contribution in [3.8, 4) is 11.5 Å². The van der Waals surface area contributed by atoms with E-state index in [2.05, 4.69) is 5.32 Å². The van der Waals surface area contributed by atoms with E-state index >= 15 is 0 Å². The zero-order chi connectivity index (χ0) is 12.3. The van der Waals surface area contributed by atoms with Crippen LogP contribution >= 0.6 is 0 Å². The molecule has 1 aromatic rings. The number of carbonyl (C=O) groups excluding carboxylic acids is 1. The predicted octanol–water partition coefficient (Wildman–Crippen LogP) is 1.99. The van der Waals surface area contributed by atoms with Crippen molar-refractivity contribution >= 4 is 5.78 Å². The second-order valence-electron chi connectivity index (χ2n) is 3.95. The average molecular weight is 235 g/mol. The van der Waals surface area contributed by atoms with E-state index in [9.17, 15) is 4.79 Å². The third-order valence-corrected chi connectivity index (χ3v) is 2.83. The molecule has 0 saturated carbocycles. The highest BCUT2D eigenvalue weighted by Crippen LogP contribution is 2.32. The number of rotatable bonds is 5. The summed E-state index contributed by atoms with van der Waals surface area (Å²) in [5.74, 6) is 1.47. The molecule has 4 nitrogen and oxygen atoms in total. The Labute approximate surface area is 101 Å². The molecule has 1 aliphatic heterocycles. The molecule has 0 radical (unpaired) electrons. The number of nitrogens with one attached hydrogen (secondary N) is 1. The minimum atomic E-state index is -0.125. The molecule has 0 aromatic heterocycles. The summed E-state index contributed by atoms with van der Waals surface area (Å²) in [7, 11) is 0. The number of hydrogen-bond donors (Lipinski definition) is 1. The van der Waals surface area contributed by atoms with Crippen LogP contribution in [0.1, 0.15) is 30.6 Å². The Morgan fingerprint density at radius 3 is 2.82 bits per heavy atom. The summed E-state index contributed by atoms with van der Waals surface area (Å²) in [5, 5.41) is 3.18. The number of ether oxygens (including phenoxy) is 2. The summed E-state index contributed by atoms with van der Waals surface area (Å²) in [6.45, 7) is 5.01. The molecule has 0 aliphatic carbocycles.